The Morgan fingerprint density at radius 1 is 1.50 bits per heavy atom. The van der Waals surface area contributed by atoms with E-state index in [0.717, 1.165) is 0 Å². The number of hydrogen-bond donors (Lipinski definition) is 0. The first-order chi connectivity index (χ1) is 7.70. The normalized spacial score (nSPS) is 9.06. The van der Waals surface area contributed by atoms with E-state index in [1.165, 1.54) is 12.3 Å². The van der Waals surface area contributed by atoms with Crippen molar-refractivity contribution >= 4 is 17.5 Å². The molecule has 6 nitrogen and oxygen atoms in total. The van der Waals surface area contributed by atoms with Crippen molar-refractivity contribution in [2.75, 3.05) is 6.61 Å². The molecule has 1 aromatic heterocycles. The van der Waals surface area contributed by atoms with E-state index in [1.807, 2.05) is 0 Å². The van der Waals surface area contributed by atoms with Crippen molar-refractivity contribution in [1.82, 2.24) is 4.98 Å². The summed E-state index contributed by atoms with van der Waals surface area (Å²) >= 11 is 0. The van der Waals surface area contributed by atoms with E-state index in [1.54, 1.807) is 19.1 Å². The second-order valence-corrected chi connectivity index (χ2v) is 2.71. The van der Waals surface area contributed by atoms with Gasteiger partial charge in [-0.1, -0.05) is 6.07 Å². The molecule has 0 aliphatic carbocycles. The summed E-state index contributed by atoms with van der Waals surface area (Å²) in [6.07, 6.45) is 1.40. The predicted octanol–water partition coefficient (Wildman–Crippen LogP) is 0.498. The van der Waals surface area contributed by atoms with Gasteiger partial charge in [0.25, 0.3) is 0 Å². The lowest BCUT2D eigenvalue weighted by Crippen LogP contribution is -2.28. The lowest BCUT2D eigenvalue weighted by atomic mass is 10.1. The van der Waals surface area contributed by atoms with Crippen LogP contribution in [-0.4, -0.2) is 33.8 Å². The number of ketones is 1. The SMILES string of the molecule is CCOC(=O)C(=[N+]=[N-])C(=O)c1ccccn1. The first-order valence-corrected chi connectivity index (χ1v) is 4.55. The molecule has 1 rings (SSSR count). The van der Waals surface area contributed by atoms with Gasteiger partial charge in [-0.3, -0.25) is 9.78 Å². The Kier molecular flexibility index (Phi) is 4.06. The lowest BCUT2D eigenvalue weighted by Gasteiger charge is -1.96. The lowest BCUT2D eigenvalue weighted by molar-refractivity contribution is -0.139. The van der Waals surface area contributed by atoms with Crippen molar-refractivity contribution in [2.45, 2.75) is 6.92 Å². The van der Waals surface area contributed by atoms with Crippen molar-refractivity contribution in [3.63, 3.8) is 0 Å². The van der Waals surface area contributed by atoms with Gasteiger partial charge in [0, 0.05) is 6.20 Å². The molecular formula is C10H9N3O3. The van der Waals surface area contributed by atoms with E-state index in [9.17, 15) is 9.59 Å². The summed E-state index contributed by atoms with van der Waals surface area (Å²) in [4.78, 5) is 29.2. The number of aromatic nitrogens is 1. The van der Waals surface area contributed by atoms with Crippen molar-refractivity contribution in [1.29, 1.82) is 0 Å². The van der Waals surface area contributed by atoms with Gasteiger partial charge in [0.05, 0.1) is 6.61 Å². The Bertz CT molecular complexity index is 450. The zero-order valence-corrected chi connectivity index (χ0v) is 8.58. The zero-order valence-electron chi connectivity index (χ0n) is 8.58. The molecule has 0 saturated heterocycles. The number of Topliss-reactive ketones (excluding diaryl/α,β-unsaturated/α-hetero) is 1. The van der Waals surface area contributed by atoms with E-state index in [4.69, 9.17) is 5.53 Å². The smallest absolute Gasteiger partial charge is 0.448 e. The number of pyridine rings is 1. The van der Waals surface area contributed by atoms with Gasteiger partial charge >= 0.3 is 17.5 Å². The number of nitrogens with zero attached hydrogens (tertiary/aromatic N) is 3. The molecule has 0 spiro atoms. The Morgan fingerprint density at radius 3 is 2.75 bits per heavy atom. The maximum Gasteiger partial charge on any atom is 0.448 e. The summed E-state index contributed by atoms with van der Waals surface area (Å²) in [5.41, 5.74) is 7.93. The standard InChI is InChI=1S/C10H9N3O3/c1-2-16-10(15)8(13-11)9(14)7-5-3-4-6-12-7/h3-6H,2H2,1H3. The molecule has 0 bridgehead atoms. The van der Waals surface area contributed by atoms with E-state index < -0.39 is 17.5 Å². The van der Waals surface area contributed by atoms with Gasteiger partial charge in [-0.25, -0.2) is 4.79 Å². The highest BCUT2D eigenvalue weighted by Crippen LogP contribution is 1.97. The van der Waals surface area contributed by atoms with Gasteiger partial charge in [0.2, 0.25) is 0 Å². The maximum absolute atomic E-state index is 11.6. The second kappa shape index (κ2) is 5.53. The molecule has 0 atom stereocenters. The zero-order chi connectivity index (χ0) is 12.0. The number of hydrogen-bond acceptors (Lipinski definition) is 4. The molecule has 0 aliphatic rings. The molecule has 0 radical (unpaired) electrons. The van der Waals surface area contributed by atoms with Crippen LogP contribution in [0.25, 0.3) is 5.53 Å². The highest BCUT2D eigenvalue weighted by atomic mass is 16.5. The minimum absolute atomic E-state index is 0.0170. The number of esters is 1. The van der Waals surface area contributed by atoms with Gasteiger partial charge in [0.1, 0.15) is 5.69 Å². The summed E-state index contributed by atoms with van der Waals surface area (Å²) in [6.45, 7) is 1.67. The van der Waals surface area contributed by atoms with E-state index >= 15 is 0 Å². The first kappa shape index (κ1) is 11.7. The Morgan fingerprint density at radius 2 is 2.25 bits per heavy atom. The van der Waals surface area contributed by atoms with E-state index in [-0.39, 0.29) is 12.3 Å². The summed E-state index contributed by atoms with van der Waals surface area (Å²) in [6, 6.07) is 4.62. The van der Waals surface area contributed by atoms with Crippen LogP contribution in [0.5, 0.6) is 0 Å². The van der Waals surface area contributed by atoms with Crippen LogP contribution in [0.1, 0.15) is 17.4 Å². The van der Waals surface area contributed by atoms with Crippen LogP contribution in [-0.2, 0) is 9.53 Å². The highest BCUT2D eigenvalue weighted by molar-refractivity contribution is 6.65. The fourth-order valence-corrected chi connectivity index (χ4v) is 0.997. The van der Waals surface area contributed by atoms with Crippen molar-refractivity contribution in [3.05, 3.63) is 35.6 Å². The summed E-state index contributed by atoms with van der Waals surface area (Å²) in [5, 5.41) is 0. The average molecular weight is 219 g/mol. The maximum atomic E-state index is 11.6. The van der Waals surface area contributed by atoms with E-state index in [0.29, 0.717) is 0 Å². The third-order valence-corrected chi connectivity index (χ3v) is 1.68. The highest BCUT2D eigenvalue weighted by Gasteiger charge is 2.32. The van der Waals surface area contributed by atoms with Crippen LogP contribution < -0.4 is 0 Å². The molecule has 16 heavy (non-hydrogen) atoms. The molecule has 1 heterocycles. The second-order valence-electron chi connectivity index (χ2n) is 2.71. The van der Waals surface area contributed by atoms with Crippen LogP contribution in [0.4, 0.5) is 0 Å². The van der Waals surface area contributed by atoms with Gasteiger partial charge < -0.3 is 10.3 Å². The summed E-state index contributed by atoms with van der Waals surface area (Å²) in [5.74, 6) is -1.75. The topological polar surface area (TPSA) is 92.7 Å². The quantitative estimate of drug-likeness (QED) is 0.184. The van der Waals surface area contributed by atoms with Gasteiger partial charge in [-0.15, -0.1) is 0 Å². The number of ether oxygens (including phenoxy) is 1. The van der Waals surface area contributed by atoms with E-state index in [2.05, 4.69) is 14.5 Å². The van der Waals surface area contributed by atoms with Crippen LogP contribution in [0, 0.1) is 0 Å². The molecule has 0 amide bonds. The summed E-state index contributed by atoms with van der Waals surface area (Å²) < 4.78 is 4.56. The van der Waals surface area contributed by atoms with Crippen molar-refractivity contribution in [3.8, 4) is 0 Å². The number of carbonyl (C=O) groups excluding carboxylic acids is 2. The van der Waals surface area contributed by atoms with Crippen LogP contribution in [0.3, 0.4) is 0 Å². The largest absolute Gasteiger partial charge is 0.457 e. The van der Waals surface area contributed by atoms with Gasteiger partial charge in [-0.2, -0.15) is 4.79 Å². The first-order valence-electron chi connectivity index (χ1n) is 4.55. The molecule has 0 aliphatic heterocycles. The number of rotatable bonds is 4. The molecule has 0 saturated carbocycles. The number of carbonyl (C=O) groups is 2. The van der Waals surface area contributed by atoms with Crippen LogP contribution >= 0.6 is 0 Å². The minimum atomic E-state index is -0.972. The van der Waals surface area contributed by atoms with Gasteiger partial charge in [-0.05, 0) is 19.1 Å². The summed E-state index contributed by atoms with van der Waals surface area (Å²) in [7, 11) is 0. The van der Waals surface area contributed by atoms with Gasteiger partial charge in [0.15, 0.2) is 0 Å². The fourth-order valence-electron chi connectivity index (χ4n) is 0.997. The molecule has 0 aromatic carbocycles. The molecule has 0 unspecified atom stereocenters. The average Bonchev–Trinajstić information content (AvgIpc) is 2.31. The molecule has 1 aromatic rings. The third kappa shape index (κ3) is 2.59. The molecule has 82 valence electrons. The molecule has 6 heteroatoms. The van der Waals surface area contributed by atoms with Crippen molar-refractivity contribution < 1.29 is 19.1 Å². The van der Waals surface area contributed by atoms with Crippen molar-refractivity contribution in [2.24, 2.45) is 0 Å². The molecular weight excluding hydrogens is 210 g/mol. The Hall–Kier alpha value is -2.33. The minimum Gasteiger partial charge on any atom is -0.457 e. The van der Waals surface area contributed by atoms with Crippen LogP contribution in [0.2, 0.25) is 0 Å². The Labute approximate surface area is 91.5 Å². The molecule has 0 N–H and O–H groups in total. The molecule has 0 fully saturated rings. The van der Waals surface area contributed by atoms with Crippen LogP contribution in [0.15, 0.2) is 24.4 Å². The Balaban J connectivity index is 2.96. The monoisotopic (exact) mass is 219 g/mol. The third-order valence-electron chi connectivity index (χ3n) is 1.68. The predicted molar refractivity (Wildman–Crippen MR) is 53.8 cm³/mol. The fraction of sp³-hybridized carbons (Fsp3) is 0.200.